The molecule has 1 heterocycles. The maximum Gasteiger partial charge on any atom is 0.277 e. The summed E-state index contributed by atoms with van der Waals surface area (Å²) in [6.45, 7) is 2.36. The number of benzene rings is 2. The van der Waals surface area contributed by atoms with E-state index in [1.54, 1.807) is 12.1 Å². The highest BCUT2D eigenvalue weighted by molar-refractivity contribution is 7.99. The van der Waals surface area contributed by atoms with Crippen LogP contribution in [0.3, 0.4) is 0 Å². The molecule has 0 bridgehead atoms. The lowest BCUT2D eigenvalue weighted by molar-refractivity contribution is -0.113. The Morgan fingerprint density at radius 2 is 2.04 bits per heavy atom. The average molecular weight is 391 g/mol. The molecule has 0 aliphatic rings. The smallest absolute Gasteiger partial charge is 0.277 e. The van der Waals surface area contributed by atoms with Crippen LogP contribution in [0.4, 0.5) is 14.5 Å². The fraction of sp³-hybridized carbons (Fsp3) is 0.167. The van der Waals surface area contributed by atoms with Crippen LogP contribution in [-0.2, 0) is 4.79 Å². The number of thioether (sulfide) groups is 1. The first kappa shape index (κ1) is 18.8. The summed E-state index contributed by atoms with van der Waals surface area (Å²) < 4.78 is 37.7. The number of halogens is 2. The normalized spacial score (nSPS) is 10.6. The first-order chi connectivity index (χ1) is 13.1. The number of hydrogen-bond donors (Lipinski definition) is 1. The minimum Gasteiger partial charge on any atom is -0.493 e. The van der Waals surface area contributed by atoms with E-state index in [0.717, 1.165) is 30.0 Å². The lowest BCUT2D eigenvalue weighted by atomic mass is 10.2. The van der Waals surface area contributed by atoms with Gasteiger partial charge in [0.15, 0.2) is 0 Å². The van der Waals surface area contributed by atoms with Crippen molar-refractivity contribution in [1.82, 2.24) is 10.2 Å². The Bertz CT molecular complexity index is 949. The molecule has 6 nitrogen and oxygen atoms in total. The first-order valence-electron chi connectivity index (χ1n) is 8.00. The van der Waals surface area contributed by atoms with E-state index in [4.69, 9.17) is 9.15 Å². The van der Waals surface area contributed by atoms with Gasteiger partial charge in [0, 0.05) is 6.07 Å². The molecule has 0 unspecified atom stereocenters. The van der Waals surface area contributed by atoms with Gasteiger partial charge in [0.25, 0.3) is 11.1 Å². The van der Waals surface area contributed by atoms with Crippen LogP contribution in [0.25, 0.3) is 11.5 Å². The van der Waals surface area contributed by atoms with Crippen LogP contribution in [0.1, 0.15) is 6.92 Å². The van der Waals surface area contributed by atoms with Gasteiger partial charge in [-0.3, -0.25) is 4.79 Å². The number of nitrogens with one attached hydrogen (secondary N) is 1. The summed E-state index contributed by atoms with van der Waals surface area (Å²) in [5.74, 6) is -1.13. The first-order valence-corrected chi connectivity index (χ1v) is 8.98. The van der Waals surface area contributed by atoms with Crippen molar-refractivity contribution < 1.29 is 22.7 Å². The average Bonchev–Trinajstić information content (AvgIpc) is 3.13. The number of carbonyl (C=O) groups excluding carboxylic acids is 1. The molecule has 9 heteroatoms. The summed E-state index contributed by atoms with van der Waals surface area (Å²) in [6, 6.07) is 10.0. The third-order valence-electron chi connectivity index (χ3n) is 3.35. The minimum atomic E-state index is -0.720. The van der Waals surface area contributed by atoms with E-state index >= 15 is 0 Å². The van der Waals surface area contributed by atoms with Crippen molar-refractivity contribution in [3.8, 4) is 17.2 Å². The van der Waals surface area contributed by atoms with Gasteiger partial charge in [0.1, 0.15) is 17.4 Å². The molecule has 1 amide bonds. The second-order valence-electron chi connectivity index (χ2n) is 5.26. The molecule has 0 spiro atoms. The number of nitrogens with zero attached hydrogens (tertiary/aromatic N) is 2. The Morgan fingerprint density at radius 3 is 2.85 bits per heavy atom. The number of anilines is 1. The highest BCUT2D eigenvalue weighted by Gasteiger charge is 2.15. The number of hydrogen-bond acceptors (Lipinski definition) is 6. The standard InChI is InChI=1S/C18H15F2N3O3S/c1-2-25-15-6-4-3-5-12(15)17-22-23-18(26-17)27-10-16(24)21-14-9-11(19)7-8-13(14)20/h3-9H,2,10H2,1H3,(H,21,24). The van der Waals surface area contributed by atoms with E-state index in [-0.39, 0.29) is 22.6 Å². The Balaban J connectivity index is 1.63. The van der Waals surface area contributed by atoms with Gasteiger partial charge in [0.2, 0.25) is 5.91 Å². The summed E-state index contributed by atoms with van der Waals surface area (Å²) in [5, 5.41) is 10.3. The lowest BCUT2D eigenvalue weighted by Crippen LogP contribution is -2.15. The zero-order chi connectivity index (χ0) is 19.2. The van der Waals surface area contributed by atoms with Crippen LogP contribution >= 0.6 is 11.8 Å². The highest BCUT2D eigenvalue weighted by Crippen LogP contribution is 2.30. The number of amides is 1. The molecule has 1 aromatic heterocycles. The predicted molar refractivity (Wildman–Crippen MR) is 96.6 cm³/mol. The fourth-order valence-corrected chi connectivity index (χ4v) is 2.77. The van der Waals surface area contributed by atoms with Crippen LogP contribution in [0, 0.1) is 11.6 Å². The van der Waals surface area contributed by atoms with E-state index in [0.29, 0.717) is 17.9 Å². The summed E-state index contributed by atoms with van der Waals surface area (Å²) >= 11 is 0.983. The minimum absolute atomic E-state index is 0.106. The van der Waals surface area contributed by atoms with Gasteiger partial charge < -0.3 is 14.5 Å². The van der Waals surface area contributed by atoms with Gasteiger partial charge in [-0.1, -0.05) is 23.9 Å². The van der Waals surface area contributed by atoms with Gasteiger partial charge in [-0.15, -0.1) is 10.2 Å². The fourth-order valence-electron chi connectivity index (χ4n) is 2.21. The summed E-state index contributed by atoms with van der Waals surface area (Å²) in [5.41, 5.74) is 0.419. The van der Waals surface area contributed by atoms with Crippen molar-refractivity contribution in [3.63, 3.8) is 0 Å². The molecule has 140 valence electrons. The van der Waals surface area contributed by atoms with Crippen molar-refractivity contribution in [2.75, 3.05) is 17.7 Å². The molecule has 1 N–H and O–H groups in total. The molecule has 0 saturated heterocycles. The Labute approximate surface area is 157 Å². The number of ether oxygens (including phenoxy) is 1. The van der Waals surface area contributed by atoms with E-state index < -0.39 is 17.5 Å². The summed E-state index contributed by atoms with van der Waals surface area (Å²) in [6.07, 6.45) is 0. The largest absolute Gasteiger partial charge is 0.493 e. The molecule has 2 aromatic carbocycles. The molecule has 3 aromatic rings. The predicted octanol–water partition coefficient (Wildman–Crippen LogP) is 4.14. The molecule has 0 aliphatic heterocycles. The molecule has 0 aliphatic carbocycles. The topological polar surface area (TPSA) is 77.2 Å². The highest BCUT2D eigenvalue weighted by atomic mass is 32.2. The van der Waals surface area contributed by atoms with E-state index in [2.05, 4.69) is 15.5 Å². The van der Waals surface area contributed by atoms with Crippen LogP contribution < -0.4 is 10.1 Å². The van der Waals surface area contributed by atoms with Crippen LogP contribution in [0.15, 0.2) is 52.1 Å². The second-order valence-corrected chi connectivity index (χ2v) is 6.19. The molecular formula is C18H15F2N3O3S. The van der Waals surface area contributed by atoms with Gasteiger partial charge in [-0.05, 0) is 31.2 Å². The van der Waals surface area contributed by atoms with Crippen LogP contribution in [-0.4, -0.2) is 28.5 Å². The van der Waals surface area contributed by atoms with E-state index in [1.165, 1.54) is 0 Å². The SMILES string of the molecule is CCOc1ccccc1-c1nnc(SCC(=O)Nc2cc(F)ccc2F)o1. The molecular weight excluding hydrogens is 376 g/mol. The summed E-state index contributed by atoms with van der Waals surface area (Å²) in [4.78, 5) is 11.9. The summed E-state index contributed by atoms with van der Waals surface area (Å²) in [7, 11) is 0. The van der Waals surface area contributed by atoms with Gasteiger partial charge in [-0.25, -0.2) is 8.78 Å². The second kappa shape index (κ2) is 8.63. The molecule has 0 fully saturated rings. The molecule has 27 heavy (non-hydrogen) atoms. The monoisotopic (exact) mass is 391 g/mol. The van der Waals surface area contributed by atoms with E-state index in [9.17, 15) is 13.6 Å². The lowest BCUT2D eigenvalue weighted by Gasteiger charge is -2.06. The molecule has 3 rings (SSSR count). The Hall–Kier alpha value is -2.94. The zero-order valence-electron chi connectivity index (χ0n) is 14.2. The molecule has 0 atom stereocenters. The zero-order valence-corrected chi connectivity index (χ0v) is 15.1. The van der Waals surface area contributed by atoms with Crippen molar-refractivity contribution in [2.24, 2.45) is 0 Å². The maximum absolute atomic E-state index is 13.5. The Kier molecular flexibility index (Phi) is 6.02. The van der Waals surface area contributed by atoms with Crippen molar-refractivity contribution in [3.05, 3.63) is 54.1 Å². The van der Waals surface area contributed by atoms with Gasteiger partial charge in [0.05, 0.1) is 23.6 Å². The number of carbonyl (C=O) groups is 1. The van der Waals surface area contributed by atoms with Gasteiger partial charge in [-0.2, -0.15) is 0 Å². The van der Waals surface area contributed by atoms with Gasteiger partial charge >= 0.3 is 0 Å². The quantitative estimate of drug-likeness (QED) is 0.610. The number of aromatic nitrogens is 2. The number of para-hydroxylation sites is 1. The maximum atomic E-state index is 13.5. The molecule has 0 radical (unpaired) electrons. The van der Waals surface area contributed by atoms with Crippen molar-refractivity contribution in [1.29, 1.82) is 0 Å². The third kappa shape index (κ3) is 4.82. The Morgan fingerprint density at radius 1 is 1.22 bits per heavy atom. The molecule has 0 saturated carbocycles. The van der Waals surface area contributed by atoms with Crippen LogP contribution in [0.5, 0.6) is 5.75 Å². The van der Waals surface area contributed by atoms with Crippen molar-refractivity contribution >= 4 is 23.4 Å². The van der Waals surface area contributed by atoms with Crippen LogP contribution in [0.2, 0.25) is 0 Å². The van der Waals surface area contributed by atoms with E-state index in [1.807, 2.05) is 19.1 Å². The number of rotatable bonds is 7. The third-order valence-corrected chi connectivity index (χ3v) is 4.17. The van der Waals surface area contributed by atoms with Crippen molar-refractivity contribution in [2.45, 2.75) is 12.1 Å².